The smallest absolute Gasteiger partial charge is 0.337 e. The van der Waals surface area contributed by atoms with Gasteiger partial charge >= 0.3 is 5.97 Å². The van der Waals surface area contributed by atoms with Gasteiger partial charge in [-0.15, -0.1) is 0 Å². The Balaban J connectivity index is 1.70. The van der Waals surface area contributed by atoms with Crippen LogP contribution in [0.2, 0.25) is 5.02 Å². The number of fused-ring (bicyclic) bond motifs is 2. The van der Waals surface area contributed by atoms with Crippen LogP contribution in [0.15, 0.2) is 12.3 Å². The predicted octanol–water partition coefficient (Wildman–Crippen LogP) is 3.67. The highest BCUT2D eigenvalue weighted by Crippen LogP contribution is 2.49. The Morgan fingerprint density at radius 1 is 1.50 bits per heavy atom. The Morgan fingerprint density at radius 2 is 2.30 bits per heavy atom. The monoisotopic (exact) mass is 294 g/mol. The molecule has 0 radical (unpaired) electrons. The first-order valence-corrected chi connectivity index (χ1v) is 7.57. The number of rotatable bonds is 4. The zero-order chi connectivity index (χ0) is 14.3. The number of nitrogens with zero attached hydrogens (tertiary/aromatic N) is 1. The van der Waals surface area contributed by atoms with Crippen LogP contribution >= 0.6 is 11.6 Å². The highest BCUT2D eigenvalue weighted by atomic mass is 35.5. The second-order valence-corrected chi connectivity index (χ2v) is 6.54. The predicted molar refractivity (Wildman–Crippen MR) is 78.2 cm³/mol. The van der Waals surface area contributed by atoms with E-state index in [4.69, 9.17) is 16.7 Å². The summed E-state index contributed by atoms with van der Waals surface area (Å²) < 4.78 is 0. The van der Waals surface area contributed by atoms with Crippen molar-refractivity contribution in [1.82, 2.24) is 4.98 Å². The Bertz CT molecular complexity index is 535. The van der Waals surface area contributed by atoms with Crippen LogP contribution in [0.3, 0.4) is 0 Å². The topological polar surface area (TPSA) is 62.2 Å². The van der Waals surface area contributed by atoms with Crippen molar-refractivity contribution in [3.63, 3.8) is 0 Å². The van der Waals surface area contributed by atoms with Crippen molar-refractivity contribution in [3.05, 3.63) is 22.8 Å². The van der Waals surface area contributed by atoms with E-state index in [1.165, 1.54) is 37.9 Å². The van der Waals surface area contributed by atoms with Gasteiger partial charge < -0.3 is 10.4 Å². The van der Waals surface area contributed by atoms with Gasteiger partial charge in [-0.05, 0) is 50.0 Å². The molecule has 2 bridgehead atoms. The lowest BCUT2D eigenvalue weighted by molar-refractivity contribution is 0.0696. The molecule has 2 N–H and O–H groups in total. The van der Waals surface area contributed by atoms with Crippen molar-refractivity contribution >= 4 is 23.4 Å². The number of pyridine rings is 1. The van der Waals surface area contributed by atoms with Gasteiger partial charge in [0.1, 0.15) is 5.82 Å². The first kappa shape index (κ1) is 13.7. The molecule has 2 saturated carbocycles. The van der Waals surface area contributed by atoms with Gasteiger partial charge in [0, 0.05) is 12.2 Å². The Morgan fingerprint density at radius 3 is 2.85 bits per heavy atom. The Labute approximate surface area is 123 Å². The van der Waals surface area contributed by atoms with E-state index < -0.39 is 5.97 Å². The summed E-state index contributed by atoms with van der Waals surface area (Å²) in [5.41, 5.74) is 0.119. The molecule has 0 spiro atoms. The van der Waals surface area contributed by atoms with E-state index in [0.717, 1.165) is 11.8 Å². The molecular weight excluding hydrogens is 276 g/mol. The minimum atomic E-state index is -1.01. The molecule has 0 saturated heterocycles. The maximum absolute atomic E-state index is 10.9. The SMILES string of the molecule is CC(Nc1ncc(C(=O)O)cc1Cl)C1CC2CCC1C2. The van der Waals surface area contributed by atoms with Gasteiger partial charge in [-0.2, -0.15) is 0 Å². The average Bonchev–Trinajstić information content (AvgIpc) is 3.03. The third-order valence-electron chi connectivity index (χ3n) is 4.89. The first-order chi connectivity index (χ1) is 9.54. The van der Waals surface area contributed by atoms with E-state index in [9.17, 15) is 4.79 Å². The molecule has 1 aromatic rings. The number of anilines is 1. The fourth-order valence-corrected chi connectivity index (χ4v) is 4.11. The van der Waals surface area contributed by atoms with Crippen molar-refractivity contribution in [2.24, 2.45) is 17.8 Å². The molecule has 1 heterocycles. The fraction of sp³-hybridized carbons (Fsp3) is 0.600. The van der Waals surface area contributed by atoms with E-state index in [1.54, 1.807) is 0 Å². The van der Waals surface area contributed by atoms with Crippen molar-refractivity contribution in [3.8, 4) is 0 Å². The summed E-state index contributed by atoms with van der Waals surface area (Å²) in [4.78, 5) is 15.0. The van der Waals surface area contributed by atoms with Crippen LogP contribution in [0.25, 0.3) is 0 Å². The largest absolute Gasteiger partial charge is 0.478 e. The van der Waals surface area contributed by atoms with Gasteiger partial charge in [0.2, 0.25) is 0 Å². The Hall–Kier alpha value is -1.29. The molecule has 3 rings (SSSR count). The first-order valence-electron chi connectivity index (χ1n) is 7.20. The van der Waals surface area contributed by atoms with Crippen molar-refractivity contribution in [1.29, 1.82) is 0 Å². The molecule has 1 aromatic heterocycles. The normalized spacial score (nSPS) is 29.4. The molecule has 2 aliphatic rings. The number of carbonyl (C=O) groups is 1. The second kappa shape index (κ2) is 5.24. The molecule has 2 aliphatic carbocycles. The molecule has 4 unspecified atom stereocenters. The van der Waals surface area contributed by atoms with Gasteiger partial charge in [0.25, 0.3) is 0 Å². The third kappa shape index (κ3) is 2.49. The standard InChI is InChI=1S/C15H19ClN2O2/c1-8(12-5-9-2-3-10(12)4-9)18-14-13(16)6-11(7-17-14)15(19)20/h6-10,12H,2-5H2,1H3,(H,17,18)(H,19,20). The van der Waals surface area contributed by atoms with Crippen LogP contribution in [0, 0.1) is 17.8 Å². The minimum Gasteiger partial charge on any atom is -0.478 e. The molecule has 0 aliphatic heterocycles. The molecule has 108 valence electrons. The van der Waals surface area contributed by atoms with Crippen LogP contribution in [0.4, 0.5) is 5.82 Å². The summed E-state index contributed by atoms with van der Waals surface area (Å²) in [6.07, 6.45) is 6.75. The second-order valence-electron chi connectivity index (χ2n) is 6.13. The van der Waals surface area contributed by atoms with E-state index >= 15 is 0 Å². The van der Waals surface area contributed by atoms with Crippen LogP contribution < -0.4 is 5.32 Å². The summed E-state index contributed by atoms with van der Waals surface area (Å²) >= 11 is 6.11. The van der Waals surface area contributed by atoms with Crippen LogP contribution in [0.5, 0.6) is 0 Å². The molecule has 0 amide bonds. The summed E-state index contributed by atoms with van der Waals surface area (Å²) in [5.74, 6) is 2.01. The molecule has 5 heteroatoms. The number of carboxylic acids is 1. The summed E-state index contributed by atoms with van der Waals surface area (Å²) in [5, 5.41) is 12.6. The Kier molecular flexibility index (Phi) is 3.59. The lowest BCUT2D eigenvalue weighted by Crippen LogP contribution is -2.30. The summed E-state index contributed by atoms with van der Waals surface area (Å²) in [6, 6.07) is 1.78. The molecule has 0 aromatic carbocycles. The van der Waals surface area contributed by atoms with E-state index in [2.05, 4.69) is 17.2 Å². The summed E-state index contributed by atoms with van der Waals surface area (Å²) in [7, 11) is 0. The van der Waals surface area contributed by atoms with Gasteiger partial charge in [0.05, 0.1) is 10.6 Å². The highest BCUT2D eigenvalue weighted by Gasteiger charge is 2.41. The molecule has 4 nitrogen and oxygen atoms in total. The fourth-order valence-electron chi connectivity index (χ4n) is 3.89. The average molecular weight is 295 g/mol. The highest BCUT2D eigenvalue weighted by molar-refractivity contribution is 6.33. The van der Waals surface area contributed by atoms with E-state index in [-0.39, 0.29) is 5.56 Å². The van der Waals surface area contributed by atoms with E-state index in [1.807, 2.05) is 0 Å². The number of carboxylic acid groups (broad SMARTS) is 1. The molecular formula is C15H19ClN2O2. The molecule has 20 heavy (non-hydrogen) atoms. The quantitative estimate of drug-likeness (QED) is 0.889. The maximum Gasteiger partial charge on any atom is 0.337 e. The van der Waals surface area contributed by atoms with Gasteiger partial charge in [-0.1, -0.05) is 18.0 Å². The van der Waals surface area contributed by atoms with Crippen LogP contribution in [-0.4, -0.2) is 22.1 Å². The number of aromatic nitrogens is 1. The van der Waals surface area contributed by atoms with Crippen LogP contribution in [-0.2, 0) is 0 Å². The number of hydrogen-bond donors (Lipinski definition) is 2. The molecule has 4 atom stereocenters. The molecule has 2 fully saturated rings. The van der Waals surface area contributed by atoms with Crippen molar-refractivity contribution < 1.29 is 9.90 Å². The van der Waals surface area contributed by atoms with Crippen molar-refractivity contribution in [2.45, 2.75) is 38.6 Å². The zero-order valence-electron chi connectivity index (χ0n) is 11.5. The maximum atomic E-state index is 10.9. The number of nitrogens with one attached hydrogen (secondary N) is 1. The number of halogens is 1. The van der Waals surface area contributed by atoms with Crippen molar-refractivity contribution in [2.75, 3.05) is 5.32 Å². The van der Waals surface area contributed by atoms with Gasteiger partial charge in [-0.25, -0.2) is 9.78 Å². The van der Waals surface area contributed by atoms with E-state index in [0.29, 0.717) is 22.8 Å². The lowest BCUT2D eigenvalue weighted by Gasteiger charge is -2.29. The lowest BCUT2D eigenvalue weighted by atomic mass is 9.84. The van der Waals surface area contributed by atoms with Gasteiger partial charge in [-0.3, -0.25) is 0 Å². The van der Waals surface area contributed by atoms with Crippen LogP contribution in [0.1, 0.15) is 43.0 Å². The number of aromatic carboxylic acids is 1. The third-order valence-corrected chi connectivity index (χ3v) is 5.18. The summed E-state index contributed by atoms with van der Waals surface area (Å²) in [6.45, 7) is 2.18. The zero-order valence-corrected chi connectivity index (χ0v) is 12.2. The van der Waals surface area contributed by atoms with Gasteiger partial charge in [0.15, 0.2) is 0 Å². The number of hydrogen-bond acceptors (Lipinski definition) is 3. The minimum absolute atomic E-state index is 0.119.